The maximum absolute atomic E-state index is 12.8. The smallest absolute Gasteiger partial charge is 0.342 e. The first-order valence-electron chi connectivity index (χ1n) is 10.0. The van der Waals surface area contributed by atoms with Crippen molar-refractivity contribution in [1.82, 2.24) is 9.80 Å². The van der Waals surface area contributed by atoms with Gasteiger partial charge in [0.05, 0.1) is 5.56 Å². The van der Waals surface area contributed by atoms with Gasteiger partial charge < -0.3 is 9.80 Å². The molecule has 2 aliphatic heterocycles. The summed E-state index contributed by atoms with van der Waals surface area (Å²) in [6, 6.07) is 5.50. The minimum absolute atomic E-state index is 0.0727. The average molecular weight is 396 g/mol. The standard InChI is InChI=1S/C21H27F3N2O2/c22-21(23,24)18-6-1-4-16(14-18)8-9-17-5-2-12-26(15-17)20(28)10-13-25-11-3-7-19(25)27/h1,4,6,14,17H,2-3,5,7-13,15H2/t17-/m1/s1. The van der Waals surface area contributed by atoms with Crippen LogP contribution in [0, 0.1) is 5.92 Å². The maximum Gasteiger partial charge on any atom is 0.416 e. The molecule has 0 aromatic heterocycles. The first kappa shape index (κ1) is 20.7. The highest BCUT2D eigenvalue weighted by Crippen LogP contribution is 2.30. The van der Waals surface area contributed by atoms with E-state index in [2.05, 4.69) is 0 Å². The number of nitrogens with zero attached hydrogens (tertiary/aromatic N) is 2. The predicted molar refractivity (Wildman–Crippen MR) is 99.5 cm³/mol. The molecule has 3 rings (SSSR count). The Morgan fingerprint density at radius 2 is 2.00 bits per heavy atom. The Bertz CT molecular complexity index is 705. The third kappa shape index (κ3) is 5.49. The number of likely N-dealkylation sites (tertiary alicyclic amines) is 2. The normalized spacial score (nSPS) is 20.7. The minimum atomic E-state index is -4.32. The molecule has 1 aromatic rings. The SMILES string of the molecule is O=C1CCCN1CCC(=O)N1CCC[C@H](CCc2cccc(C(F)(F)F)c2)C1. The highest BCUT2D eigenvalue weighted by atomic mass is 19.4. The third-order valence-corrected chi connectivity index (χ3v) is 5.73. The summed E-state index contributed by atoms with van der Waals surface area (Å²) in [5.41, 5.74) is 0.0766. The lowest BCUT2D eigenvalue weighted by Crippen LogP contribution is -2.41. The lowest BCUT2D eigenvalue weighted by molar-refractivity contribution is -0.138. The van der Waals surface area contributed by atoms with Gasteiger partial charge in [0.1, 0.15) is 0 Å². The van der Waals surface area contributed by atoms with E-state index in [9.17, 15) is 22.8 Å². The van der Waals surface area contributed by atoms with E-state index in [4.69, 9.17) is 0 Å². The highest BCUT2D eigenvalue weighted by molar-refractivity contribution is 5.80. The molecule has 0 aliphatic carbocycles. The van der Waals surface area contributed by atoms with Crippen LogP contribution >= 0.6 is 0 Å². The van der Waals surface area contributed by atoms with Gasteiger partial charge in [0.25, 0.3) is 0 Å². The Morgan fingerprint density at radius 3 is 2.71 bits per heavy atom. The van der Waals surface area contributed by atoms with Gasteiger partial charge in [-0.15, -0.1) is 0 Å². The summed E-state index contributed by atoms with van der Waals surface area (Å²) in [7, 11) is 0. The van der Waals surface area contributed by atoms with Gasteiger partial charge in [0, 0.05) is 39.0 Å². The molecule has 2 fully saturated rings. The van der Waals surface area contributed by atoms with Gasteiger partial charge in [-0.2, -0.15) is 13.2 Å². The molecule has 7 heteroatoms. The Hall–Kier alpha value is -2.05. The van der Waals surface area contributed by atoms with Crippen molar-refractivity contribution in [3.8, 4) is 0 Å². The van der Waals surface area contributed by atoms with Crippen molar-refractivity contribution in [2.24, 2.45) is 5.92 Å². The number of alkyl halides is 3. The number of halogens is 3. The molecule has 4 nitrogen and oxygen atoms in total. The number of hydrogen-bond donors (Lipinski definition) is 0. The van der Waals surface area contributed by atoms with Gasteiger partial charge in [-0.05, 0) is 49.7 Å². The van der Waals surface area contributed by atoms with Crippen molar-refractivity contribution in [2.45, 2.75) is 51.1 Å². The van der Waals surface area contributed by atoms with Gasteiger partial charge in [-0.3, -0.25) is 9.59 Å². The number of hydrogen-bond acceptors (Lipinski definition) is 2. The van der Waals surface area contributed by atoms with E-state index in [1.54, 1.807) is 11.0 Å². The molecule has 0 unspecified atom stereocenters. The van der Waals surface area contributed by atoms with Gasteiger partial charge in [0.2, 0.25) is 11.8 Å². The number of carbonyl (C=O) groups is 2. The number of amides is 2. The summed E-state index contributed by atoms with van der Waals surface area (Å²) in [5.74, 6) is 0.509. The topological polar surface area (TPSA) is 40.6 Å². The zero-order valence-electron chi connectivity index (χ0n) is 16.0. The molecule has 2 saturated heterocycles. The van der Waals surface area contributed by atoms with Crippen LogP contribution in [0.5, 0.6) is 0 Å². The number of rotatable bonds is 6. The summed E-state index contributed by atoms with van der Waals surface area (Å²) in [4.78, 5) is 27.8. The molecule has 2 heterocycles. The van der Waals surface area contributed by atoms with E-state index in [1.807, 2.05) is 4.90 Å². The second kappa shape index (κ2) is 8.97. The number of benzene rings is 1. The van der Waals surface area contributed by atoms with Gasteiger partial charge in [-0.1, -0.05) is 18.2 Å². The Labute approximate surface area is 163 Å². The Kier molecular flexibility index (Phi) is 6.62. The van der Waals surface area contributed by atoms with Crippen LogP contribution < -0.4 is 0 Å². The molecular weight excluding hydrogens is 369 g/mol. The van der Waals surface area contributed by atoms with Crippen molar-refractivity contribution in [3.63, 3.8) is 0 Å². The Morgan fingerprint density at radius 1 is 1.18 bits per heavy atom. The molecule has 1 aromatic carbocycles. The maximum atomic E-state index is 12.8. The number of carbonyl (C=O) groups excluding carboxylic acids is 2. The average Bonchev–Trinajstić information content (AvgIpc) is 3.09. The largest absolute Gasteiger partial charge is 0.416 e. The quantitative estimate of drug-likeness (QED) is 0.732. The summed E-state index contributed by atoms with van der Waals surface area (Å²) >= 11 is 0. The van der Waals surface area contributed by atoms with Gasteiger partial charge in [-0.25, -0.2) is 0 Å². The summed E-state index contributed by atoms with van der Waals surface area (Å²) in [5, 5.41) is 0. The summed E-state index contributed by atoms with van der Waals surface area (Å²) in [6.45, 7) is 2.62. The van der Waals surface area contributed by atoms with Crippen LogP contribution in [-0.4, -0.2) is 47.8 Å². The zero-order valence-corrected chi connectivity index (χ0v) is 16.0. The Balaban J connectivity index is 1.47. The van der Waals surface area contributed by atoms with Gasteiger partial charge >= 0.3 is 6.18 Å². The van der Waals surface area contributed by atoms with Crippen LogP contribution in [0.2, 0.25) is 0 Å². The molecule has 0 spiro atoms. The lowest BCUT2D eigenvalue weighted by atomic mass is 9.91. The summed E-state index contributed by atoms with van der Waals surface area (Å²) < 4.78 is 38.5. The van der Waals surface area contributed by atoms with Crippen LogP contribution in [-0.2, 0) is 22.2 Å². The predicted octanol–water partition coefficient (Wildman–Crippen LogP) is 3.89. The second-order valence-corrected chi connectivity index (χ2v) is 7.82. The molecule has 154 valence electrons. The fraction of sp³-hybridized carbons (Fsp3) is 0.619. The molecular formula is C21H27F3N2O2. The van der Waals surface area contributed by atoms with Crippen LogP contribution in [0.15, 0.2) is 24.3 Å². The second-order valence-electron chi connectivity index (χ2n) is 7.82. The van der Waals surface area contributed by atoms with Crippen LogP contribution in [0.4, 0.5) is 13.2 Å². The lowest BCUT2D eigenvalue weighted by Gasteiger charge is -2.33. The third-order valence-electron chi connectivity index (χ3n) is 5.73. The summed E-state index contributed by atoms with van der Waals surface area (Å²) in [6.07, 6.45) is 0.750. The van der Waals surface area contributed by atoms with Crippen molar-refractivity contribution in [1.29, 1.82) is 0 Å². The van der Waals surface area contributed by atoms with Crippen molar-refractivity contribution in [3.05, 3.63) is 35.4 Å². The minimum Gasteiger partial charge on any atom is -0.342 e. The molecule has 2 aliphatic rings. The molecule has 0 bridgehead atoms. The molecule has 2 amide bonds. The first-order valence-corrected chi connectivity index (χ1v) is 10.0. The number of aryl methyl sites for hydroxylation is 1. The van der Waals surface area contributed by atoms with Crippen molar-refractivity contribution < 1.29 is 22.8 Å². The van der Waals surface area contributed by atoms with E-state index >= 15 is 0 Å². The fourth-order valence-electron chi connectivity index (χ4n) is 4.13. The van der Waals surface area contributed by atoms with E-state index in [-0.39, 0.29) is 11.8 Å². The van der Waals surface area contributed by atoms with Crippen LogP contribution in [0.3, 0.4) is 0 Å². The molecule has 28 heavy (non-hydrogen) atoms. The zero-order chi connectivity index (χ0) is 20.1. The number of piperidine rings is 1. The van der Waals surface area contributed by atoms with E-state index in [1.165, 1.54) is 12.1 Å². The fourth-order valence-corrected chi connectivity index (χ4v) is 4.13. The van der Waals surface area contributed by atoms with Gasteiger partial charge in [0.15, 0.2) is 0 Å². The highest BCUT2D eigenvalue weighted by Gasteiger charge is 2.30. The molecule has 0 saturated carbocycles. The van der Waals surface area contributed by atoms with Crippen LogP contribution in [0.1, 0.15) is 49.7 Å². The first-order chi connectivity index (χ1) is 13.3. The molecule has 0 radical (unpaired) electrons. The van der Waals surface area contributed by atoms with Crippen molar-refractivity contribution in [2.75, 3.05) is 26.2 Å². The van der Waals surface area contributed by atoms with E-state index in [0.717, 1.165) is 44.8 Å². The monoisotopic (exact) mass is 396 g/mol. The van der Waals surface area contributed by atoms with Crippen molar-refractivity contribution >= 4 is 11.8 Å². The molecule has 0 N–H and O–H groups in total. The van der Waals surface area contributed by atoms with E-state index in [0.29, 0.717) is 43.8 Å². The molecule has 1 atom stereocenters. The van der Waals surface area contributed by atoms with E-state index < -0.39 is 11.7 Å². The van der Waals surface area contributed by atoms with Crippen LogP contribution in [0.25, 0.3) is 0 Å².